The largest absolute Gasteiger partial charge is 0.352 e. The number of hydrogen-bond acceptors (Lipinski definition) is 3. The summed E-state index contributed by atoms with van der Waals surface area (Å²) in [6.07, 6.45) is 1.70. The first kappa shape index (κ1) is 17.4. The van der Waals surface area contributed by atoms with Gasteiger partial charge in [-0.05, 0) is 54.5 Å². The summed E-state index contributed by atoms with van der Waals surface area (Å²) in [6.45, 7) is 1.92. The van der Waals surface area contributed by atoms with Gasteiger partial charge in [0.15, 0.2) is 0 Å². The first-order valence-corrected chi connectivity index (χ1v) is 9.18. The minimum atomic E-state index is -0.330. The Bertz CT molecular complexity index is 710. The van der Waals surface area contributed by atoms with Crippen molar-refractivity contribution in [1.82, 2.24) is 10.2 Å². The summed E-state index contributed by atoms with van der Waals surface area (Å²) in [5.74, 6) is -0.00139. The number of thiophene rings is 1. The average Bonchev–Trinajstić information content (AvgIpc) is 3.17. The van der Waals surface area contributed by atoms with Crippen molar-refractivity contribution in [2.45, 2.75) is 12.8 Å². The molecule has 25 heavy (non-hydrogen) atoms. The maximum Gasteiger partial charge on any atom is 0.321 e. The zero-order valence-electron chi connectivity index (χ0n) is 13.7. The summed E-state index contributed by atoms with van der Waals surface area (Å²) in [5, 5.41) is 9.44. The van der Waals surface area contributed by atoms with Crippen LogP contribution >= 0.6 is 11.3 Å². The molecule has 5 nitrogen and oxygen atoms in total. The second-order valence-electron chi connectivity index (χ2n) is 6.09. The number of likely N-dealkylation sites (tertiary alicyclic amines) is 1. The maximum absolute atomic E-state index is 12.9. The van der Waals surface area contributed by atoms with E-state index in [0.29, 0.717) is 36.8 Å². The zero-order chi connectivity index (χ0) is 17.6. The van der Waals surface area contributed by atoms with Gasteiger partial charge >= 0.3 is 6.03 Å². The van der Waals surface area contributed by atoms with E-state index in [2.05, 4.69) is 10.6 Å². The van der Waals surface area contributed by atoms with Gasteiger partial charge in [-0.15, -0.1) is 0 Å². The molecule has 1 saturated heterocycles. The summed E-state index contributed by atoms with van der Waals surface area (Å²) in [4.78, 5) is 25.9. The van der Waals surface area contributed by atoms with Gasteiger partial charge in [-0.25, -0.2) is 9.18 Å². The molecule has 2 heterocycles. The zero-order valence-corrected chi connectivity index (χ0v) is 14.5. The molecular weight excluding hydrogens is 341 g/mol. The lowest BCUT2D eigenvalue weighted by Gasteiger charge is -2.32. The standard InChI is InChI=1S/C18H20FN3O2S/c19-15-1-3-16(4-2-15)21-18(24)22-8-5-13(6-9-22)11-20-17(23)14-7-10-25-12-14/h1-4,7,10,12-13H,5-6,8-9,11H2,(H,20,23)(H,21,24). The number of urea groups is 1. The van der Waals surface area contributed by atoms with Gasteiger partial charge in [-0.3, -0.25) is 4.79 Å². The Morgan fingerprint density at radius 3 is 2.52 bits per heavy atom. The molecule has 0 atom stereocenters. The number of carbonyl (C=O) groups excluding carboxylic acids is 2. The molecule has 3 rings (SSSR count). The molecule has 0 radical (unpaired) electrons. The van der Waals surface area contributed by atoms with E-state index in [9.17, 15) is 14.0 Å². The molecule has 0 aliphatic carbocycles. The van der Waals surface area contributed by atoms with E-state index in [4.69, 9.17) is 0 Å². The van der Waals surface area contributed by atoms with E-state index < -0.39 is 0 Å². The monoisotopic (exact) mass is 361 g/mol. The number of benzene rings is 1. The summed E-state index contributed by atoms with van der Waals surface area (Å²) < 4.78 is 12.9. The van der Waals surface area contributed by atoms with Crippen LogP contribution in [-0.2, 0) is 0 Å². The van der Waals surface area contributed by atoms with Crippen molar-refractivity contribution < 1.29 is 14.0 Å². The smallest absolute Gasteiger partial charge is 0.321 e. The van der Waals surface area contributed by atoms with E-state index in [1.54, 1.807) is 17.0 Å². The molecule has 0 spiro atoms. The Kier molecular flexibility index (Phi) is 5.65. The number of anilines is 1. The number of nitrogens with zero attached hydrogens (tertiary/aromatic N) is 1. The number of hydrogen-bond donors (Lipinski definition) is 2. The Hall–Kier alpha value is -2.41. The van der Waals surface area contributed by atoms with Crippen LogP contribution in [-0.4, -0.2) is 36.5 Å². The van der Waals surface area contributed by atoms with Gasteiger partial charge in [0.25, 0.3) is 5.91 Å². The van der Waals surface area contributed by atoms with Crippen LogP contribution in [0.15, 0.2) is 41.1 Å². The maximum atomic E-state index is 12.9. The van der Waals surface area contributed by atoms with Gasteiger partial charge in [0.05, 0.1) is 0 Å². The molecule has 0 bridgehead atoms. The van der Waals surface area contributed by atoms with Gasteiger partial charge in [-0.1, -0.05) is 0 Å². The number of piperidine rings is 1. The van der Waals surface area contributed by atoms with Crippen LogP contribution in [0.4, 0.5) is 14.9 Å². The first-order chi connectivity index (χ1) is 12.1. The third-order valence-electron chi connectivity index (χ3n) is 4.33. The highest BCUT2D eigenvalue weighted by atomic mass is 32.1. The van der Waals surface area contributed by atoms with Crippen LogP contribution < -0.4 is 10.6 Å². The van der Waals surface area contributed by atoms with Crippen LogP contribution in [0.25, 0.3) is 0 Å². The molecule has 2 aromatic rings. The molecule has 0 unspecified atom stereocenters. The number of halogens is 1. The van der Waals surface area contributed by atoms with E-state index >= 15 is 0 Å². The fourth-order valence-electron chi connectivity index (χ4n) is 2.81. The topological polar surface area (TPSA) is 61.4 Å². The summed E-state index contributed by atoms with van der Waals surface area (Å²) >= 11 is 1.50. The van der Waals surface area contributed by atoms with E-state index in [1.165, 1.54) is 23.5 Å². The molecule has 1 aromatic carbocycles. The highest BCUT2D eigenvalue weighted by Crippen LogP contribution is 2.18. The molecule has 1 aliphatic heterocycles. The van der Waals surface area contributed by atoms with Gasteiger partial charge in [0.1, 0.15) is 5.82 Å². The van der Waals surface area contributed by atoms with Crippen molar-refractivity contribution in [3.8, 4) is 0 Å². The highest BCUT2D eigenvalue weighted by Gasteiger charge is 2.23. The van der Waals surface area contributed by atoms with E-state index in [0.717, 1.165) is 12.8 Å². The lowest BCUT2D eigenvalue weighted by Crippen LogP contribution is -2.43. The average molecular weight is 361 g/mol. The molecule has 132 valence electrons. The van der Waals surface area contributed by atoms with Crippen LogP contribution in [0.2, 0.25) is 0 Å². The van der Waals surface area contributed by atoms with Crippen molar-refractivity contribution >= 4 is 29.0 Å². The molecule has 0 saturated carbocycles. The minimum absolute atomic E-state index is 0.0438. The molecule has 7 heteroatoms. The van der Waals surface area contributed by atoms with Crippen molar-refractivity contribution in [3.63, 3.8) is 0 Å². The lowest BCUT2D eigenvalue weighted by atomic mass is 9.97. The second kappa shape index (κ2) is 8.11. The third-order valence-corrected chi connectivity index (χ3v) is 5.02. The van der Waals surface area contributed by atoms with Crippen LogP contribution in [0.5, 0.6) is 0 Å². The van der Waals surface area contributed by atoms with Crippen LogP contribution in [0, 0.1) is 11.7 Å². The van der Waals surface area contributed by atoms with Crippen LogP contribution in [0.3, 0.4) is 0 Å². The summed E-state index contributed by atoms with van der Waals surface area (Å²) in [5.41, 5.74) is 1.28. The Morgan fingerprint density at radius 2 is 1.88 bits per heavy atom. The number of rotatable bonds is 4. The fourth-order valence-corrected chi connectivity index (χ4v) is 3.44. The second-order valence-corrected chi connectivity index (χ2v) is 6.87. The molecule has 1 fully saturated rings. The van der Waals surface area contributed by atoms with Crippen molar-refractivity contribution in [2.24, 2.45) is 5.92 Å². The van der Waals surface area contributed by atoms with Crippen LogP contribution in [0.1, 0.15) is 23.2 Å². The van der Waals surface area contributed by atoms with Crippen molar-refractivity contribution in [1.29, 1.82) is 0 Å². The highest BCUT2D eigenvalue weighted by molar-refractivity contribution is 7.08. The summed E-state index contributed by atoms with van der Waals surface area (Å²) in [7, 11) is 0. The van der Waals surface area contributed by atoms with Gasteiger partial charge in [-0.2, -0.15) is 11.3 Å². The molecule has 1 aliphatic rings. The molecule has 1 aromatic heterocycles. The number of carbonyl (C=O) groups is 2. The van der Waals surface area contributed by atoms with E-state index in [1.807, 2.05) is 16.8 Å². The van der Waals surface area contributed by atoms with Gasteiger partial charge in [0.2, 0.25) is 0 Å². The quantitative estimate of drug-likeness (QED) is 0.875. The third kappa shape index (κ3) is 4.79. The lowest BCUT2D eigenvalue weighted by molar-refractivity contribution is 0.0939. The Morgan fingerprint density at radius 1 is 1.16 bits per heavy atom. The fraction of sp³-hybridized carbons (Fsp3) is 0.333. The van der Waals surface area contributed by atoms with Gasteiger partial charge in [0, 0.05) is 36.3 Å². The number of amides is 3. The normalized spacial score (nSPS) is 15.0. The summed E-state index contributed by atoms with van der Waals surface area (Å²) in [6, 6.07) is 7.35. The Balaban J connectivity index is 1.41. The predicted molar refractivity (Wildman–Crippen MR) is 96.4 cm³/mol. The first-order valence-electron chi connectivity index (χ1n) is 8.24. The number of nitrogens with one attached hydrogen (secondary N) is 2. The van der Waals surface area contributed by atoms with E-state index in [-0.39, 0.29) is 17.8 Å². The van der Waals surface area contributed by atoms with Crippen molar-refractivity contribution in [3.05, 3.63) is 52.5 Å². The molecule has 3 amide bonds. The predicted octanol–water partition coefficient (Wildman–Crippen LogP) is 3.56. The molecule has 2 N–H and O–H groups in total. The van der Waals surface area contributed by atoms with Gasteiger partial charge < -0.3 is 15.5 Å². The minimum Gasteiger partial charge on any atom is -0.352 e. The Labute approximate surface area is 149 Å². The van der Waals surface area contributed by atoms with Crippen molar-refractivity contribution in [2.75, 3.05) is 25.0 Å². The SMILES string of the molecule is O=C(NCC1CCN(C(=O)Nc2ccc(F)cc2)CC1)c1ccsc1. The molecular formula is C18H20FN3O2S.